The smallest absolute Gasteiger partial charge is 0.181 e. The van der Waals surface area contributed by atoms with Crippen molar-refractivity contribution in [3.63, 3.8) is 0 Å². The Morgan fingerprint density at radius 1 is 0.957 bits per heavy atom. The highest BCUT2D eigenvalue weighted by molar-refractivity contribution is 7.71. The molecule has 2 nitrogen and oxygen atoms in total. The molecular formula is C20H28NOP. The summed E-state index contributed by atoms with van der Waals surface area (Å²) in [5, 5.41) is 4.13. The third kappa shape index (κ3) is 4.13. The van der Waals surface area contributed by atoms with Gasteiger partial charge in [-0.15, -0.1) is 0 Å². The summed E-state index contributed by atoms with van der Waals surface area (Å²) < 4.78 is 14.0. The van der Waals surface area contributed by atoms with Crippen molar-refractivity contribution < 1.29 is 4.57 Å². The molecule has 0 amide bonds. The van der Waals surface area contributed by atoms with Gasteiger partial charge in [0, 0.05) is 16.5 Å². The first kappa shape index (κ1) is 18.0. The van der Waals surface area contributed by atoms with Crippen molar-refractivity contribution in [1.82, 2.24) is 5.09 Å². The number of hydrogen-bond acceptors (Lipinski definition) is 1. The Labute approximate surface area is 140 Å². The fraction of sp³-hybridized carbons (Fsp3) is 0.400. The molecule has 0 bridgehead atoms. The Kier molecular flexibility index (Phi) is 5.84. The molecule has 0 saturated carbocycles. The van der Waals surface area contributed by atoms with Crippen LogP contribution in [0.5, 0.6) is 0 Å². The molecule has 124 valence electrons. The molecule has 1 N–H and O–H groups in total. The van der Waals surface area contributed by atoms with Gasteiger partial charge >= 0.3 is 0 Å². The lowest BCUT2D eigenvalue weighted by molar-refractivity contribution is 0.513. The van der Waals surface area contributed by atoms with Gasteiger partial charge in [-0.3, -0.25) is 5.09 Å². The van der Waals surface area contributed by atoms with Crippen molar-refractivity contribution in [2.24, 2.45) is 0 Å². The number of hydrogen-bond donors (Lipinski definition) is 1. The van der Waals surface area contributed by atoms with E-state index in [-0.39, 0.29) is 11.2 Å². The van der Waals surface area contributed by atoms with Crippen molar-refractivity contribution in [2.45, 2.75) is 51.7 Å². The first-order chi connectivity index (χ1) is 10.9. The van der Waals surface area contributed by atoms with Gasteiger partial charge in [0.15, 0.2) is 7.29 Å². The van der Waals surface area contributed by atoms with Crippen LogP contribution in [0.25, 0.3) is 0 Å². The van der Waals surface area contributed by atoms with Gasteiger partial charge in [-0.25, -0.2) is 0 Å². The molecule has 2 aromatic rings. The van der Waals surface area contributed by atoms with E-state index >= 15 is 0 Å². The van der Waals surface area contributed by atoms with E-state index in [2.05, 4.69) is 44.9 Å². The zero-order valence-electron chi connectivity index (χ0n) is 14.6. The largest absolute Gasteiger partial charge is 0.301 e. The molecule has 2 unspecified atom stereocenters. The van der Waals surface area contributed by atoms with Crippen molar-refractivity contribution in [2.75, 3.05) is 0 Å². The number of benzene rings is 2. The summed E-state index contributed by atoms with van der Waals surface area (Å²) in [5.74, 6) is 0. The van der Waals surface area contributed by atoms with Crippen LogP contribution in [0.15, 0.2) is 60.7 Å². The predicted octanol–water partition coefficient (Wildman–Crippen LogP) is 5.52. The predicted molar refractivity (Wildman–Crippen MR) is 101 cm³/mol. The molecule has 0 aliphatic heterocycles. The minimum atomic E-state index is -2.76. The van der Waals surface area contributed by atoms with Crippen LogP contribution in [0.2, 0.25) is 0 Å². The van der Waals surface area contributed by atoms with Gasteiger partial charge in [-0.1, -0.05) is 94.8 Å². The van der Waals surface area contributed by atoms with Gasteiger partial charge in [0.05, 0.1) is 0 Å². The normalized spacial score (nSPS) is 15.8. The number of nitrogens with one attached hydrogen (secondary N) is 1. The Balaban J connectivity index is 2.42. The highest BCUT2D eigenvalue weighted by atomic mass is 31.2. The lowest BCUT2D eigenvalue weighted by atomic mass is 10.0. The summed E-state index contributed by atoms with van der Waals surface area (Å²) in [5.41, 5.74) is 1.20. The second kappa shape index (κ2) is 7.47. The monoisotopic (exact) mass is 329 g/mol. The van der Waals surface area contributed by atoms with Crippen LogP contribution >= 0.6 is 7.29 Å². The minimum absolute atomic E-state index is 0.103. The van der Waals surface area contributed by atoms with Crippen LogP contribution in [0.3, 0.4) is 0 Å². The standard InChI is InChI=1S/C20H28NOP/c1-5-12-19(17-13-8-6-9-14-17)21-23(22,20(2,3)4)18-15-10-7-11-16-18/h6-11,13-16,19H,5,12H2,1-4H3,(H,21,22). The highest BCUT2D eigenvalue weighted by Gasteiger charge is 2.39. The molecule has 2 atom stereocenters. The van der Waals surface area contributed by atoms with E-state index in [1.165, 1.54) is 5.56 Å². The van der Waals surface area contributed by atoms with Crippen molar-refractivity contribution in [3.8, 4) is 0 Å². The molecule has 0 saturated heterocycles. The van der Waals surface area contributed by atoms with Gasteiger partial charge in [-0.05, 0) is 12.0 Å². The average Bonchev–Trinajstić information content (AvgIpc) is 2.55. The zero-order valence-corrected chi connectivity index (χ0v) is 15.5. The van der Waals surface area contributed by atoms with Gasteiger partial charge < -0.3 is 4.57 Å². The molecule has 23 heavy (non-hydrogen) atoms. The SMILES string of the molecule is CCCC(NP(=O)(c1ccccc1)C(C)(C)C)c1ccccc1. The van der Waals surface area contributed by atoms with Crippen LogP contribution in [0, 0.1) is 0 Å². The molecule has 0 aromatic heterocycles. The van der Waals surface area contributed by atoms with Crippen molar-refractivity contribution >= 4 is 12.6 Å². The summed E-state index contributed by atoms with van der Waals surface area (Å²) in [6.45, 7) is 8.34. The summed E-state index contributed by atoms with van der Waals surface area (Å²) in [4.78, 5) is 0. The summed E-state index contributed by atoms with van der Waals surface area (Å²) >= 11 is 0. The molecular weight excluding hydrogens is 301 g/mol. The van der Waals surface area contributed by atoms with Crippen LogP contribution in [-0.2, 0) is 4.57 Å². The molecule has 2 aromatic carbocycles. The Morgan fingerprint density at radius 2 is 1.48 bits per heavy atom. The van der Waals surface area contributed by atoms with Crippen molar-refractivity contribution in [1.29, 1.82) is 0 Å². The van der Waals surface area contributed by atoms with E-state index in [0.717, 1.165) is 18.1 Å². The lowest BCUT2D eigenvalue weighted by Crippen LogP contribution is -2.34. The van der Waals surface area contributed by atoms with Gasteiger partial charge in [0.2, 0.25) is 0 Å². The van der Waals surface area contributed by atoms with E-state index in [0.29, 0.717) is 0 Å². The Hall–Kier alpha value is -1.37. The van der Waals surface area contributed by atoms with Crippen LogP contribution < -0.4 is 10.4 Å². The topological polar surface area (TPSA) is 29.1 Å². The first-order valence-electron chi connectivity index (χ1n) is 8.37. The summed E-state index contributed by atoms with van der Waals surface area (Å²) in [6, 6.07) is 20.3. The maximum Gasteiger partial charge on any atom is 0.181 e. The molecule has 0 aliphatic carbocycles. The second-order valence-corrected chi connectivity index (χ2v) is 10.3. The van der Waals surface area contributed by atoms with Crippen molar-refractivity contribution in [3.05, 3.63) is 66.2 Å². The van der Waals surface area contributed by atoms with Crippen LogP contribution in [-0.4, -0.2) is 5.16 Å². The van der Waals surface area contributed by atoms with E-state index in [1.54, 1.807) is 0 Å². The fourth-order valence-corrected chi connectivity index (χ4v) is 5.41. The fourth-order valence-electron chi connectivity index (χ4n) is 2.79. The molecule has 2 rings (SSSR count). The Bertz CT molecular complexity index is 646. The lowest BCUT2D eigenvalue weighted by Gasteiger charge is -2.35. The molecule has 0 aliphatic rings. The van der Waals surface area contributed by atoms with E-state index in [4.69, 9.17) is 0 Å². The average molecular weight is 329 g/mol. The maximum atomic E-state index is 14.0. The summed E-state index contributed by atoms with van der Waals surface area (Å²) in [6.07, 6.45) is 2.02. The third-order valence-corrected chi connectivity index (χ3v) is 7.77. The first-order valence-corrected chi connectivity index (χ1v) is 10.1. The van der Waals surface area contributed by atoms with E-state index in [9.17, 15) is 4.57 Å². The van der Waals surface area contributed by atoms with Gasteiger partial charge in [0.25, 0.3) is 0 Å². The molecule has 0 spiro atoms. The van der Waals surface area contributed by atoms with Crippen LogP contribution in [0.1, 0.15) is 52.1 Å². The van der Waals surface area contributed by atoms with E-state index in [1.807, 2.05) is 48.5 Å². The molecule has 0 heterocycles. The quantitative estimate of drug-likeness (QED) is 0.707. The maximum absolute atomic E-state index is 14.0. The Morgan fingerprint density at radius 3 is 1.96 bits per heavy atom. The number of rotatable bonds is 6. The van der Waals surface area contributed by atoms with Gasteiger partial charge in [0.1, 0.15) is 0 Å². The molecule has 0 radical (unpaired) electrons. The zero-order chi connectivity index (χ0) is 16.9. The van der Waals surface area contributed by atoms with Crippen LogP contribution in [0.4, 0.5) is 0 Å². The highest BCUT2D eigenvalue weighted by Crippen LogP contribution is 2.55. The van der Waals surface area contributed by atoms with E-state index < -0.39 is 7.29 Å². The molecule has 3 heteroatoms. The third-order valence-electron chi connectivity index (χ3n) is 4.18. The minimum Gasteiger partial charge on any atom is -0.301 e. The second-order valence-electron chi connectivity index (χ2n) is 7.00. The van der Waals surface area contributed by atoms with Gasteiger partial charge in [-0.2, -0.15) is 0 Å². The summed E-state index contributed by atoms with van der Waals surface area (Å²) in [7, 11) is -2.76. The molecule has 0 fully saturated rings.